The molecule has 0 atom stereocenters. The Bertz CT molecular complexity index is 101. The van der Waals surface area contributed by atoms with E-state index < -0.39 is 0 Å². The maximum atomic E-state index is 10.5. The molecule has 0 aliphatic heterocycles. The Morgan fingerprint density at radius 2 is 2.44 bits per heavy atom. The molecule has 0 aliphatic carbocycles. The highest BCUT2D eigenvalue weighted by Crippen LogP contribution is 1.95. The molecule has 0 rings (SSSR count). The van der Waals surface area contributed by atoms with Gasteiger partial charge in [0.2, 0.25) is 0 Å². The number of ether oxygens (including phenoxy) is 1. The molecule has 2 nitrogen and oxygen atoms in total. The van der Waals surface area contributed by atoms with Crippen molar-refractivity contribution in [1.29, 1.82) is 0 Å². The first kappa shape index (κ1) is 8.69. The van der Waals surface area contributed by atoms with E-state index in [2.05, 4.69) is 27.2 Å². The van der Waals surface area contributed by atoms with Gasteiger partial charge in [0.1, 0.15) is 0 Å². The summed E-state index contributed by atoms with van der Waals surface area (Å²) in [5.74, 6) is -0.218. The van der Waals surface area contributed by atoms with Crippen molar-refractivity contribution >= 4 is 21.9 Å². The average Bonchev–Trinajstić information content (AvgIpc) is 1.85. The van der Waals surface area contributed by atoms with Gasteiger partial charge < -0.3 is 4.74 Å². The molecular formula is C6H9BrO2. The van der Waals surface area contributed by atoms with Gasteiger partial charge in [-0.05, 0) is 6.42 Å². The molecule has 0 amide bonds. The number of hydrogen-bond acceptors (Lipinski definition) is 2. The van der Waals surface area contributed by atoms with E-state index in [9.17, 15) is 4.79 Å². The van der Waals surface area contributed by atoms with Crippen molar-refractivity contribution in [3.8, 4) is 0 Å². The lowest BCUT2D eigenvalue weighted by Gasteiger charge is -1.94. The minimum Gasteiger partial charge on any atom is -0.435 e. The summed E-state index contributed by atoms with van der Waals surface area (Å²) in [5.41, 5.74) is 0. The van der Waals surface area contributed by atoms with E-state index in [0.29, 0.717) is 6.42 Å². The van der Waals surface area contributed by atoms with Crippen LogP contribution in [0.25, 0.3) is 0 Å². The summed E-state index contributed by atoms with van der Waals surface area (Å²) in [6, 6.07) is 0. The van der Waals surface area contributed by atoms with Gasteiger partial charge in [0.05, 0.1) is 6.26 Å². The minimum atomic E-state index is -0.218. The standard InChI is InChI=1S/C6H9BrO2/c1-2-9-6(8)4-3-5-7/h2H,1,3-5H2. The van der Waals surface area contributed by atoms with Crippen molar-refractivity contribution < 1.29 is 9.53 Å². The van der Waals surface area contributed by atoms with Crippen molar-refractivity contribution in [2.45, 2.75) is 12.8 Å². The van der Waals surface area contributed by atoms with Gasteiger partial charge in [-0.15, -0.1) is 0 Å². The predicted molar refractivity (Wildman–Crippen MR) is 39.3 cm³/mol. The number of carbonyl (C=O) groups excluding carboxylic acids is 1. The molecule has 0 fully saturated rings. The smallest absolute Gasteiger partial charge is 0.310 e. The van der Waals surface area contributed by atoms with Crippen molar-refractivity contribution in [2.75, 3.05) is 5.33 Å². The SMILES string of the molecule is C=COC(=O)CCCBr. The predicted octanol–water partition coefficient (Wildman–Crippen LogP) is 1.85. The first-order chi connectivity index (χ1) is 4.31. The monoisotopic (exact) mass is 192 g/mol. The molecule has 0 spiro atoms. The molecule has 0 aromatic heterocycles. The van der Waals surface area contributed by atoms with E-state index in [-0.39, 0.29) is 5.97 Å². The second kappa shape index (κ2) is 5.82. The maximum Gasteiger partial charge on any atom is 0.310 e. The third-order valence-electron chi connectivity index (χ3n) is 0.729. The van der Waals surface area contributed by atoms with E-state index >= 15 is 0 Å². The molecule has 0 unspecified atom stereocenters. The van der Waals surface area contributed by atoms with Crippen LogP contribution < -0.4 is 0 Å². The van der Waals surface area contributed by atoms with E-state index in [1.165, 1.54) is 0 Å². The lowest BCUT2D eigenvalue weighted by atomic mass is 10.3. The van der Waals surface area contributed by atoms with Crippen LogP contribution in [-0.2, 0) is 9.53 Å². The van der Waals surface area contributed by atoms with Crippen LogP contribution in [0.2, 0.25) is 0 Å². The lowest BCUT2D eigenvalue weighted by Crippen LogP contribution is -1.98. The van der Waals surface area contributed by atoms with E-state index in [1.807, 2.05) is 0 Å². The Labute approximate surface area is 63.0 Å². The van der Waals surface area contributed by atoms with Crippen molar-refractivity contribution in [3.05, 3.63) is 12.8 Å². The molecule has 0 saturated heterocycles. The third kappa shape index (κ3) is 5.56. The summed E-state index contributed by atoms with van der Waals surface area (Å²) in [4.78, 5) is 10.5. The van der Waals surface area contributed by atoms with E-state index in [0.717, 1.165) is 18.0 Å². The van der Waals surface area contributed by atoms with Gasteiger partial charge in [-0.1, -0.05) is 22.5 Å². The number of alkyl halides is 1. The average molecular weight is 193 g/mol. The van der Waals surface area contributed by atoms with Crippen LogP contribution in [0.4, 0.5) is 0 Å². The third-order valence-corrected chi connectivity index (χ3v) is 1.29. The molecule has 9 heavy (non-hydrogen) atoms. The quantitative estimate of drug-likeness (QED) is 0.387. The Balaban J connectivity index is 3.16. The van der Waals surface area contributed by atoms with Gasteiger partial charge in [0.15, 0.2) is 0 Å². The Kier molecular flexibility index (Phi) is 5.62. The molecule has 0 saturated carbocycles. The highest BCUT2D eigenvalue weighted by Gasteiger charge is 1.97. The van der Waals surface area contributed by atoms with Crippen LogP contribution in [0, 0.1) is 0 Å². The van der Waals surface area contributed by atoms with E-state index in [1.54, 1.807) is 0 Å². The molecule has 0 aromatic rings. The lowest BCUT2D eigenvalue weighted by molar-refractivity contribution is -0.137. The number of hydrogen-bond donors (Lipinski definition) is 0. The van der Waals surface area contributed by atoms with Gasteiger partial charge in [-0.3, -0.25) is 4.79 Å². The fraction of sp³-hybridized carbons (Fsp3) is 0.500. The highest BCUT2D eigenvalue weighted by atomic mass is 79.9. The zero-order valence-corrected chi connectivity index (χ0v) is 6.69. The largest absolute Gasteiger partial charge is 0.435 e. The molecule has 0 aliphatic rings. The second-order valence-electron chi connectivity index (χ2n) is 1.45. The maximum absolute atomic E-state index is 10.5. The van der Waals surface area contributed by atoms with Crippen LogP contribution >= 0.6 is 15.9 Å². The van der Waals surface area contributed by atoms with Crippen LogP contribution in [-0.4, -0.2) is 11.3 Å². The molecule has 0 aromatic carbocycles. The summed E-state index contributed by atoms with van der Waals surface area (Å²) in [7, 11) is 0. The summed E-state index contributed by atoms with van der Waals surface area (Å²) in [5, 5.41) is 0.833. The molecular weight excluding hydrogens is 184 g/mol. The number of carbonyl (C=O) groups is 1. The van der Waals surface area contributed by atoms with E-state index in [4.69, 9.17) is 0 Å². The van der Waals surface area contributed by atoms with Crippen LogP contribution in [0.3, 0.4) is 0 Å². The Morgan fingerprint density at radius 3 is 2.89 bits per heavy atom. The minimum absolute atomic E-state index is 0.218. The van der Waals surface area contributed by atoms with Gasteiger partial charge in [0, 0.05) is 11.8 Å². The normalized spacial score (nSPS) is 8.56. The summed E-state index contributed by atoms with van der Waals surface area (Å²) in [6.07, 6.45) is 2.42. The van der Waals surface area contributed by atoms with Crippen molar-refractivity contribution in [2.24, 2.45) is 0 Å². The molecule has 0 bridgehead atoms. The van der Waals surface area contributed by atoms with Crippen molar-refractivity contribution in [3.63, 3.8) is 0 Å². The number of halogens is 1. The molecule has 3 heteroatoms. The van der Waals surface area contributed by atoms with Gasteiger partial charge >= 0.3 is 5.97 Å². The Morgan fingerprint density at radius 1 is 1.78 bits per heavy atom. The van der Waals surface area contributed by atoms with Crippen molar-refractivity contribution in [1.82, 2.24) is 0 Å². The topological polar surface area (TPSA) is 26.3 Å². The van der Waals surface area contributed by atoms with Crippen LogP contribution in [0.1, 0.15) is 12.8 Å². The van der Waals surface area contributed by atoms with Gasteiger partial charge in [-0.25, -0.2) is 0 Å². The molecule has 0 N–H and O–H groups in total. The van der Waals surface area contributed by atoms with Gasteiger partial charge in [0.25, 0.3) is 0 Å². The summed E-state index contributed by atoms with van der Waals surface area (Å²) >= 11 is 3.20. The Hall–Kier alpha value is -0.310. The second-order valence-corrected chi connectivity index (χ2v) is 2.24. The summed E-state index contributed by atoms with van der Waals surface area (Å²) in [6.45, 7) is 3.25. The molecule has 0 heterocycles. The first-order valence-corrected chi connectivity index (χ1v) is 3.79. The van der Waals surface area contributed by atoms with Crippen LogP contribution in [0.5, 0.6) is 0 Å². The van der Waals surface area contributed by atoms with Gasteiger partial charge in [-0.2, -0.15) is 0 Å². The fourth-order valence-electron chi connectivity index (χ4n) is 0.363. The summed E-state index contributed by atoms with van der Waals surface area (Å²) < 4.78 is 4.45. The molecule has 52 valence electrons. The number of rotatable bonds is 4. The van der Waals surface area contributed by atoms with Crippen LogP contribution in [0.15, 0.2) is 12.8 Å². The first-order valence-electron chi connectivity index (χ1n) is 2.67. The highest BCUT2D eigenvalue weighted by molar-refractivity contribution is 9.09. The zero-order valence-electron chi connectivity index (χ0n) is 5.10. The molecule has 0 radical (unpaired) electrons. The fourth-order valence-corrected chi connectivity index (χ4v) is 0.643. The number of esters is 1. The zero-order chi connectivity index (χ0) is 7.11.